The predicted molar refractivity (Wildman–Crippen MR) is 138 cm³/mol. The molecule has 0 aliphatic carbocycles. The lowest BCUT2D eigenvalue weighted by Gasteiger charge is -2.26. The molecule has 5 N–H and O–H groups in total. The van der Waals surface area contributed by atoms with Crippen molar-refractivity contribution in [3.63, 3.8) is 0 Å². The number of hydrogen-bond donors (Lipinski definition) is 4. The summed E-state index contributed by atoms with van der Waals surface area (Å²) in [7, 11) is 3.33. The Morgan fingerprint density at radius 1 is 1.06 bits per heavy atom. The van der Waals surface area contributed by atoms with E-state index in [1.165, 1.54) is 6.08 Å². The van der Waals surface area contributed by atoms with Crippen molar-refractivity contribution in [3.05, 3.63) is 24.4 Å². The Bertz CT molecular complexity index is 723. The topological polar surface area (TPSA) is 130 Å². The Balaban J connectivity index is 4.67. The van der Waals surface area contributed by atoms with Crippen LogP contribution in [0.2, 0.25) is 0 Å². The highest BCUT2D eigenvalue weighted by atomic mass is 33.1. The van der Waals surface area contributed by atoms with Crippen LogP contribution in [-0.2, 0) is 19.2 Å². The van der Waals surface area contributed by atoms with E-state index in [1.807, 2.05) is 13.8 Å². The zero-order chi connectivity index (χ0) is 25.6. The molecule has 0 fully saturated rings. The van der Waals surface area contributed by atoms with Gasteiger partial charge in [-0.3, -0.25) is 19.2 Å². The monoisotopic (exact) mass is 500 g/mol. The molecule has 0 aromatic rings. The third kappa shape index (κ3) is 14.0. The fraction of sp³-hybridized carbons (Fsp3) is 0.652. The van der Waals surface area contributed by atoms with Crippen molar-refractivity contribution in [2.45, 2.75) is 84.1 Å². The van der Waals surface area contributed by atoms with Crippen LogP contribution in [-0.4, -0.2) is 46.2 Å². The van der Waals surface area contributed by atoms with Crippen molar-refractivity contribution < 1.29 is 19.2 Å². The minimum atomic E-state index is -0.771. The van der Waals surface area contributed by atoms with Gasteiger partial charge in [0.05, 0.1) is 0 Å². The third-order valence-corrected chi connectivity index (χ3v) is 8.14. The molecule has 0 unspecified atom stereocenters. The summed E-state index contributed by atoms with van der Waals surface area (Å²) in [6, 6.07) is -1.51. The van der Waals surface area contributed by atoms with Crippen LogP contribution in [0.5, 0.6) is 0 Å². The maximum Gasteiger partial charge on any atom is 0.246 e. The number of carbonyl (C=O) groups is 4. The molecule has 0 radical (unpaired) electrons. The van der Waals surface area contributed by atoms with Gasteiger partial charge >= 0.3 is 0 Å². The highest BCUT2D eigenvalue weighted by Gasteiger charge is 2.28. The Labute approximate surface area is 206 Å². The normalized spacial score (nSPS) is 13.7. The van der Waals surface area contributed by atoms with Gasteiger partial charge in [-0.15, -0.1) is 0 Å². The van der Waals surface area contributed by atoms with E-state index in [0.717, 1.165) is 12.2 Å². The number of carbonyl (C=O) groups excluding carboxylic acids is 4. The first-order valence-electron chi connectivity index (χ1n) is 11.1. The second kappa shape index (κ2) is 15.8. The van der Waals surface area contributed by atoms with E-state index in [-0.39, 0.29) is 34.8 Å². The highest BCUT2D eigenvalue weighted by molar-refractivity contribution is 8.77. The molecule has 0 spiro atoms. The molecule has 0 rings (SSSR count). The van der Waals surface area contributed by atoms with Crippen LogP contribution >= 0.6 is 21.6 Å². The summed E-state index contributed by atoms with van der Waals surface area (Å²) >= 11 is 0. The second-order valence-electron chi connectivity index (χ2n) is 8.69. The molecule has 0 aliphatic heterocycles. The Hall–Kier alpha value is -1.94. The summed E-state index contributed by atoms with van der Waals surface area (Å²) in [5, 5.41) is 8.15. The van der Waals surface area contributed by atoms with Crippen molar-refractivity contribution in [3.8, 4) is 0 Å². The number of nitrogens with two attached hydrogens (primary N) is 1. The molecule has 10 heteroatoms. The first-order valence-corrected chi connectivity index (χ1v) is 13.4. The second-order valence-corrected chi connectivity index (χ2v) is 11.8. The van der Waals surface area contributed by atoms with Gasteiger partial charge in [-0.05, 0) is 52.5 Å². The van der Waals surface area contributed by atoms with Gasteiger partial charge in [0.15, 0.2) is 0 Å². The number of nitrogens with one attached hydrogen (secondary N) is 3. The van der Waals surface area contributed by atoms with Crippen molar-refractivity contribution in [2.75, 3.05) is 5.75 Å². The maximum absolute atomic E-state index is 12.7. The van der Waals surface area contributed by atoms with Crippen LogP contribution in [0.1, 0.15) is 67.2 Å². The first-order chi connectivity index (χ1) is 15.3. The molecule has 0 bridgehead atoms. The number of rotatable bonds is 16. The van der Waals surface area contributed by atoms with Crippen molar-refractivity contribution in [2.24, 2.45) is 11.7 Å². The third-order valence-electron chi connectivity index (χ3n) is 4.71. The largest absolute Gasteiger partial charge is 0.370 e. The van der Waals surface area contributed by atoms with E-state index in [2.05, 4.69) is 36.4 Å². The minimum absolute atomic E-state index is 0.146. The average molecular weight is 501 g/mol. The number of hydrogen-bond acceptors (Lipinski definition) is 6. The SMILES string of the molecule is C=C/C(=C\C)NC(=O)[C@H](C)NC(=O)[C@@H](NC(=O)CCC(C)(C)SSCCCC(N)=O)C(C)C. The van der Waals surface area contributed by atoms with Crippen LogP contribution in [0.15, 0.2) is 24.4 Å². The van der Waals surface area contributed by atoms with Crippen LogP contribution < -0.4 is 21.7 Å². The molecule has 2 atom stereocenters. The summed E-state index contributed by atoms with van der Waals surface area (Å²) in [4.78, 5) is 48.3. The van der Waals surface area contributed by atoms with Gasteiger partial charge in [0.2, 0.25) is 23.6 Å². The molecule has 0 heterocycles. The van der Waals surface area contributed by atoms with Gasteiger partial charge in [-0.2, -0.15) is 0 Å². The lowest BCUT2D eigenvalue weighted by molar-refractivity contribution is -0.132. The summed E-state index contributed by atoms with van der Waals surface area (Å²) in [5.41, 5.74) is 5.70. The van der Waals surface area contributed by atoms with Gasteiger partial charge in [0, 0.05) is 29.0 Å². The Morgan fingerprint density at radius 2 is 1.70 bits per heavy atom. The van der Waals surface area contributed by atoms with Crippen LogP contribution in [0.3, 0.4) is 0 Å². The van der Waals surface area contributed by atoms with Crippen molar-refractivity contribution in [1.29, 1.82) is 0 Å². The highest BCUT2D eigenvalue weighted by Crippen LogP contribution is 2.39. The van der Waals surface area contributed by atoms with Crippen LogP contribution in [0.25, 0.3) is 0 Å². The number of amides is 4. The van der Waals surface area contributed by atoms with Gasteiger partial charge in [-0.25, -0.2) is 0 Å². The van der Waals surface area contributed by atoms with Gasteiger partial charge in [0.1, 0.15) is 12.1 Å². The zero-order valence-corrected chi connectivity index (χ0v) is 22.3. The maximum atomic E-state index is 12.7. The summed E-state index contributed by atoms with van der Waals surface area (Å²) in [6.45, 7) is 14.8. The van der Waals surface area contributed by atoms with Gasteiger partial charge < -0.3 is 21.7 Å². The van der Waals surface area contributed by atoms with Crippen molar-refractivity contribution >= 4 is 45.2 Å². The quantitative estimate of drug-likeness (QED) is 0.146. The van der Waals surface area contributed by atoms with Gasteiger partial charge in [-0.1, -0.05) is 48.1 Å². The average Bonchev–Trinajstić information content (AvgIpc) is 2.73. The summed E-state index contributed by atoms with van der Waals surface area (Å²) < 4.78 is -0.146. The fourth-order valence-electron chi connectivity index (χ4n) is 2.60. The molecule has 0 saturated carbocycles. The molecular weight excluding hydrogens is 460 g/mol. The Morgan fingerprint density at radius 3 is 2.21 bits per heavy atom. The molecule has 8 nitrogen and oxygen atoms in total. The smallest absolute Gasteiger partial charge is 0.246 e. The van der Waals surface area contributed by atoms with Crippen LogP contribution in [0.4, 0.5) is 0 Å². The zero-order valence-electron chi connectivity index (χ0n) is 20.7. The number of primary amides is 1. The van der Waals surface area contributed by atoms with E-state index in [1.54, 1.807) is 41.5 Å². The van der Waals surface area contributed by atoms with E-state index < -0.39 is 18.0 Å². The molecule has 0 aromatic carbocycles. The van der Waals surface area contributed by atoms with Gasteiger partial charge in [0.25, 0.3) is 0 Å². The van der Waals surface area contributed by atoms with Crippen molar-refractivity contribution in [1.82, 2.24) is 16.0 Å². The molecule has 4 amide bonds. The molecular formula is C23H40N4O4S2. The number of allylic oxidation sites excluding steroid dienone is 2. The standard InChI is InChI=1S/C23H40N4O4S2/c1-8-17(9-2)26-21(30)16(5)25-22(31)20(15(3)4)27-19(29)12-13-23(6,7)33-32-14-10-11-18(24)28/h8-9,15-16,20H,1,10-14H2,2-7H3,(H2,24,28)(H,25,31)(H,26,30)(H,27,29)/b17-9+/t16-,20-/m0/s1. The van der Waals surface area contributed by atoms with E-state index >= 15 is 0 Å². The summed E-state index contributed by atoms with van der Waals surface area (Å²) in [5.74, 6) is -0.609. The summed E-state index contributed by atoms with van der Waals surface area (Å²) in [6.07, 6.45) is 5.23. The molecule has 0 aliphatic rings. The van der Waals surface area contributed by atoms with E-state index in [9.17, 15) is 19.2 Å². The molecule has 188 valence electrons. The lowest BCUT2D eigenvalue weighted by Crippen LogP contribution is -2.54. The van der Waals surface area contributed by atoms with E-state index in [4.69, 9.17) is 5.73 Å². The molecule has 33 heavy (non-hydrogen) atoms. The Kier molecular flexibility index (Phi) is 14.9. The predicted octanol–water partition coefficient (Wildman–Crippen LogP) is 3.04. The lowest BCUT2D eigenvalue weighted by atomic mass is 10.0. The molecule has 0 aromatic heterocycles. The fourth-order valence-corrected chi connectivity index (χ4v) is 5.26. The minimum Gasteiger partial charge on any atom is -0.370 e. The van der Waals surface area contributed by atoms with E-state index in [0.29, 0.717) is 18.5 Å². The first kappa shape index (κ1) is 31.1. The van der Waals surface area contributed by atoms with Crippen LogP contribution in [0, 0.1) is 5.92 Å². The molecule has 0 saturated heterocycles.